The second-order valence-corrected chi connectivity index (χ2v) is 7.16. The maximum Gasteiger partial charge on any atom is 0.234 e. The monoisotopic (exact) mass is 375 g/mol. The first-order valence-corrected chi connectivity index (χ1v) is 9.50. The van der Waals surface area contributed by atoms with Crippen LogP contribution in [0.4, 0.5) is 17.1 Å². The van der Waals surface area contributed by atoms with E-state index in [9.17, 15) is 9.59 Å². The number of anilines is 2. The van der Waals surface area contributed by atoms with E-state index in [4.69, 9.17) is 0 Å². The summed E-state index contributed by atoms with van der Waals surface area (Å²) in [7, 11) is 0. The van der Waals surface area contributed by atoms with Gasteiger partial charge in [0.1, 0.15) is 0 Å². The van der Waals surface area contributed by atoms with Crippen LogP contribution in [0, 0.1) is 0 Å². The number of benzene rings is 3. The Hall–Kier alpha value is -3.12. The van der Waals surface area contributed by atoms with E-state index in [1.54, 1.807) is 24.3 Å². The van der Waals surface area contributed by atoms with Gasteiger partial charge in [-0.05, 0) is 36.6 Å². The van der Waals surface area contributed by atoms with Gasteiger partial charge in [-0.2, -0.15) is 0 Å². The van der Waals surface area contributed by atoms with Gasteiger partial charge in [-0.3, -0.25) is 9.59 Å². The van der Waals surface area contributed by atoms with Gasteiger partial charge in [-0.1, -0.05) is 48.2 Å². The van der Waals surface area contributed by atoms with Crippen molar-refractivity contribution < 1.29 is 9.59 Å². The molecule has 27 heavy (non-hydrogen) atoms. The number of ketones is 1. The Morgan fingerprint density at radius 3 is 2.67 bits per heavy atom. The Labute approximate surface area is 160 Å². The van der Waals surface area contributed by atoms with E-state index >= 15 is 0 Å². The number of hydrogen-bond acceptors (Lipinski definition) is 5. The van der Waals surface area contributed by atoms with E-state index in [0.29, 0.717) is 16.4 Å². The van der Waals surface area contributed by atoms with Crippen LogP contribution in [0.15, 0.2) is 65.7 Å². The van der Waals surface area contributed by atoms with E-state index in [1.807, 2.05) is 24.3 Å². The summed E-state index contributed by atoms with van der Waals surface area (Å²) in [6, 6.07) is 19.0. The molecule has 5 nitrogen and oxygen atoms in total. The third-order valence-corrected chi connectivity index (χ3v) is 5.11. The van der Waals surface area contributed by atoms with Crippen LogP contribution in [-0.2, 0) is 4.79 Å². The molecule has 0 aromatic heterocycles. The molecular weight excluding hydrogens is 358 g/mol. The molecule has 0 spiro atoms. The fourth-order valence-corrected chi connectivity index (χ4v) is 3.67. The van der Waals surface area contributed by atoms with Gasteiger partial charge in [-0.15, -0.1) is 0 Å². The highest BCUT2D eigenvalue weighted by molar-refractivity contribution is 8.14. The lowest BCUT2D eigenvalue weighted by atomic mass is 10.1. The van der Waals surface area contributed by atoms with Gasteiger partial charge in [0.25, 0.3) is 0 Å². The number of carbonyl (C=O) groups is 2. The van der Waals surface area contributed by atoms with Gasteiger partial charge in [0.15, 0.2) is 11.0 Å². The molecule has 4 rings (SSSR count). The minimum Gasteiger partial charge on any atom is -0.334 e. The summed E-state index contributed by atoms with van der Waals surface area (Å²) in [6.45, 7) is 1.50. The van der Waals surface area contributed by atoms with E-state index in [2.05, 4.69) is 27.8 Å². The molecule has 6 heteroatoms. The molecule has 0 aliphatic carbocycles. The van der Waals surface area contributed by atoms with Crippen molar-refractivity contribution in [2.45, 2.75) is 6.92 Å². The Kier molecular flexibility index (Phi) is 4.64. The number of Topliss-reactive ketones (excluding diaryl/α,β-unsaturated/α-hetero) is 1. The first-order chi connectivity index (χ1) is 13.1. The van der Waals surface area contributed by atoms with Crippen molar-refractivity contribution in [1.29, 1.82) is 0 Å². The summed E-state index contributed by atoms with van der Waals surface area (Å²) >= 11 is 1.34. The molecule has 2 N–H and O–H groups in total. The van der Waals surface area contributed by atoms with Crippen molar-refractivity contribution in [1.82, 2.24) is 0 Å². The molecule has 134 valence electrons. The van der Waals surface area contributed by atoms with Gasteiger partial charge in [-0.25, -0.2) is 4.99 Å². The number of hydrogen-bond donors (Lipinski definition) is 2. The normalized spacial score (nSPS) is 12.3. The Morgan fingerprint density at radius 2 is 1.85 bits per heavy atom. The molecule has 1 amide bonds. The summed E-state index contributed by atoms with van der Waals surface area (Å²) in [4.78, 5) is 28.3. The average Bonchev–Trinajstić information content (AvgIpc) is 2.67. The minimum absolute atomic E-state index is 0.0333. The topological polar surface area (TPSA) is 70.6 Å². The van der Waals surface area contributed by atoms with E-state index in [0.717, 1.165) is 22.1 Å². The molecule has 1 heterocycles. The maximum atomic E-state index is 12.3. The van der Waals surface area contributed by atoms with Gasteiger partial charge in [0, 0.05) is 16.6 Å². The zero-order valence-electron chi connectivity index (χ0n) is 14.7. The Balaban J connectivity index is 1.44. The van der Waals surface area contributed by atoms with Gasteiger partial charge in [0.05, 0.1) is 17.1 Å². The molecule has 1 aliphatic heterocycles. The lowest BCUT2D eigenvalue weighted by Gasteiger charge is -2.18. The third-order valence-electron chi connectivity index (χ3n) is 4.24. The van der Waals surface area contributed by atoms with Crippen molar-refractivity contribution in [3.8, 4) is 0 Å². The third kappa shape index (κ3) is 3.71. The van der Waals surface area contributed by atoms with E-state index < -0.39 is 0 Å². The summed E-state index contributed by atoms with van der Waals surface area (Å²) < 4.78 is 0. The number of thioether (sulfide) groups is 1. The largest absolute Gasteiger partial charge is 0.334 e. The summed E-state index contributed by atoms with van der Waals surface area (Å²) in [5.41, 5.74) is 3.08. The van der Waals surface area contributed by atoms with Crippen LogP contribution in [-0.4, -0.2) is 22.6 Å². The molecule has 3 aromatic rings. The number of amidine groups is 1. The predicted molar refractivity (Wildman–Crippen MR) is 112 cm³/mol. The van der Waals surface area contributed by atoms with Crippen LogP contribution in [0.3, 0.4) is 0 Å². The second kappa shape index (κ2) is 7.25. The van der Waals surface area contributed by atoms with Crippen molar-refractivity contribution in [2.24, 2.45) is 4.99 Å². The molecule has 0 unspecified atom stereocenters. The van der Waals surface area contributed by atoms with Gasteiger partial charge < -0.3 is 10.6 Å². The fourth-order valence-electron chi connectivity index (χ4n) is 2.99. The van der Waals surface area contributed by atoms with Crippen molar-refractivity contribution in [3.05, 3.63) is 66.2 Å². The summed E-state index contributed by atoms with van der Waals surface area (Å²) in [6.07, 6.45) is 0. The molecule has 0 saturated heterocycles. The second-order valence-electron chi connectivity index (χ2n) is 6.20. The van der Waals surface area contributed by atoms with Crippen LogP contribution in [0.25, 0.3) is 10.8 Å². The van der Waals surface area contributed by atoms with Crippen LogP contribution in [0.1, 0.15) is 17.3 Å². The molecule has 0 saturated carbocycles. The van der Waals surface area contributed by atoms with Gasteiger partial charge >= 0.3 is 0 Å². The highest BCUT2D eigenvalue weighted by Crippen LogP contribution is 2.36. The molecule has 0 radical (unpaired) electrons. The lowest BCUT2D eigenvalue weighted by molar-refractivity contribution is -0.113. The Bertz CT molecular complexity index is 1090. The number of carbonyl (C=O) groups excluding carboxylic acids is 2. The Morgan fingerprint density at radius 1 is 1.07 bits per heavy atom. The van der Waals surface area contributed by atoms with Crippen LogP contribution < -0.4 is 10.6 Å². The highest BCUT2D eigenvalue weighted by atomic mass is 32.2. The minimum atomic E-state index is -0.151. The number of aliphatic imine (C=N–C) groups is 1. The molecule has 0 bridgehead atoms. The molecule has 3 aromatic carbocycles. The van der Waals surface area contributed by atoms with E-state index in [-0.39, 0.29) is 17.4 Å². The average molecular weight is 375 g/mol. The highest BCUT2D eigenvalue weighted by Gasteiger charge is 2.15. The fraction of sp³-hybridized carbons (Fsp3) is 0.0952. The predicted octanol–water partition coefficient (Wildman–Crippen LogP) is 4.83. The molecule has 1 aliphatic rings. The summed E-state index contributed by atoms with van der Waals surface area (Å²) in [5, 5.41) is 9.03. The molecule has 0 atom stereocenters. The van der Waals surface area contributed by atoms with Crippen molar-refractivity contribution >= 4 is 56.5 Å². The number of amides is 1. The summed E-state index contributed by atoms with van der Waals surface area (Å²) in [5.74, 6) is 0.0326. The van der Waals surface area contributed by atoms with Crippen LogP contribution in [0.2, 0.25) is 0 Å². The number of nitrogens with one attached hydrogen (secondary N) is 2. The van der Waals surface area contributed by atoms with Crippen molar-refractivity contribution in [3.63, 3.8) is 0 Å². The standard InChI is InChI=1S/C21H17N3O2S/c1-13(25)15-7-2-8-16(11-15)22-19(26)12-27-21-23-17-9-3-5-14-6-4-10-18(24-21)20(14)17/h2-11H,12H2,1H3,(H,22,26)(H,23,24). The quantitative estimate of drug-likeness (QED) is 0.641. The maximum absolute atomic E-state index is 12.3. The zero-order valence-corrected chi connectivity index (χ0v) is 15.5. The SMILES string of the molecule is CC(=O)c1cccc(NC(=O)CSC2=Nc3cccc4cccc(c34)N2)c1. The molecular formula is C21H17N3O2S. The number of nitrogens with zero attached hydrogens (tertiary/aromatic N) is 1. The van der Waals surface area contributed by atoms with Gasteiger partial charge in [0.2, 0.25) is 5.91 Å². The first kappa shape index (κ1) is 17.3. The van der Waals surface area contributed by atoms with Crippen LogP contribution in [0.5, 0.6) is 0 Å². The van der Waals surface area contributed by atoms with Crippen LogP contribution >= 0.6 is 11.8 Å². The lowest BCUT2D eigenvalue weighted by Crippen LogP contribution is -2.18. The number of rotatable bonds is 4. The van der Waals surface area contributed by atoms with E-state index in [1.165, 1.54) is 18.7 Å². The van der Waals surface area contributed by atoms with Crippen molar-refractivity contribution in [2.75, 3.05) is 16.4 Å². The zero-order chi connectivity index (χ0) is 18.8. The first-order valence-electron chi connectivity index (χ1n) is 8.51. The molecule has 0 fully saturated rings. The smallest absolute Gasteiger partial charge is 0.234 e.